The number of rotatable bonds is 5. The molecule has 0 spiro atoms. The number of nitrogens with one attached hydrogen (secondary N) is 1. The summed E-state index contributed by atoms with van der Waals surface area (Å²) in [6.07, 6.45) is 4.50. The second kappa shape index (κ2) is 9.29. The lowest BCUT2D eigenvalue weighted by atomic mass is 10.0. The first-order valence-electron chi connectivity index (χ1n) is 12.4. The van der Waals surface area contributed by atoms with Crippen LogP contribution in [-0.2, 0) is 24.3 Å². The number of benzene rings is 1. The molecule has 33 heavy (non-hydrogen) atoms. The fourth-order valence-electron chi connectivity index (χ4n) is 5.66. The van der Waals surface area contributed by atoms with Crippen molar-refractivity contribution in [3.63, 3.8) is 0 Å². The Balaban J connectivity index is 1.29. The minimum absolute atomic E-state index is 0.142. The number of hydrogen-bond acceptors (Lipinski definition) is 6. The molecular formula is C26H36N6O. The number of fused-ring (bicyclic) bond motifs is 1. The zero-order valence-corrected chi connectivity index (χ0v) is 20.2. The summed E-state index contributed by atoms with van der Waals surface area (Å²) in [4.78, 5) is 28.6. The zero-order chi connectivity index (χ0) is 22.9. The van der Waals surface area contributed by atoms with Crippen LogP contribution >= 0.6 is 0 Å². The number of anilines is 2. The highest BCUT2D eigenvalue weighted by Gasteiger charge is 2.30. The number of nitrogens with zero attached hydrogens (tertiary/aromatic N) is 5. The maximum Gasteiger partial charge on any atom is 0.219 e. The van der Waals surface area contributed by atoms with Crippen LogP contribution < -0.4 is 10.2 Å². The Morgan fingerprint density at radius 3 is 2.67 bits per heavy atom. The summed E-state index contributed by atoms with van der Waals surface area (Å²) >= 11 is 0. The summed E-state index contributed by atoms with van der Waals surface area (Å²) in [6.45, 7) is 10.6. The van der Waals surface area contributed by atoms with Crippen LogP contribution in [-0.4, -0.2) is 65.4 Å². The SMILES string of the molecule is CNc1nc(C2CCN(C(C)=O)C2)nc2c1CN(Cc1ccc(N3CCCC3)c(C)c1)CC2. The number of aryl methyl sites for hydroxylation is 1. The standard InChI is InChI=1S/C26H36N6O/c1-18-14-20(6-7-24(18)31-10-4-5-11-31)15-30-12-9-23-22(17-30)26(27-3)29-25(28-23)21-8-13-32(16-21)19(2)33/h6-7,14,21H,4-5,8-13,15-17H2,1-3H3,(H,27,28,29). The predicted octanol–water partition coefficient (Wildman–Crippen LogP) is 3.32. The number of carbonyl (C=O) groups is 1. The monoisotopic (exact) mass is 448 g/mol. The number of likely N-dealkylation sites (tertiary alicyclic amines) is 1. The molecule has 7 heteroatoms. The lowest BCUT2D eigenvalue weighted by molar-refractivity contribution is -0.127. The van der Waals surface area contributed by atoms with E-state index in [2.05, 4.69) is 40.2 Å². The van der Waals surface area contributed by atoms with Crippen LogP contribution in [0.1, 0.15) is 60.3 Å². The van der Waals surface area contributed by atoms with Crippen molar-refractivity contribution < 1.29 is 4.79 Å². The van der Waals surface area contributed by atoms with Gasteiger partial charge >= 0.3 is 0 Å². The molecule has 0 radical (unpaired) electrons. The van der Waals surface area contributed by atoms with Gasteiger partial charge in [0.25, 0.3) is 0 Å². The molecule has 1 aromatic carbocycles. The van der Waals surface area contributed by atoms with E-state index < -0.39 is 0 Å². The van der Waals surface area contributed by atoms with Crippen LogP contribution in [0, 0.1) is 6.92 Å². The molecule has 2 fully saturated rings. The van der Waals surface area contributed by atoms with Gasteiger partial charge in [-0.3, -0.25) is 9.69 Å². The molecule has 1 unspecified atom stereocenters. The normalized spacial score (nSPS) is 20.9. The topological polar surface area (TPSA) is 64.6 Å². The van der Waals surface area contributed by atoms with E-state index in [0.717, 1.165) is 57.2 Å². The number of carbonyl (C=O) groups excluding carboxylic acids is 1. The largest absolute Gasteiger partial charge is 0.373 e. The van der Waals surface area contributed by atoms with Crippen LogP contribution in [0.2, 0.25) is 0 Å². The number of amides is 1. The summed E-state index contributed by atoms with van der Waals surface area (Å²) < 4.78 is 0. The third kappa shape index (κ3) is 4.56. The Morgan fingerprint density at radius 2 is 1.97 bits per heavy atom. The van der Waals surface area contributed by atoms with Crippen LogP contribution in [0.5, 0.6) is 0 Å². The molecular weight excluding hydrogens is 412 g/mol. The Bertz CT molecular complexity index is 1010. The van der Waals surface area contributed by atoms with Crippen LogP contribution in [0.25, 0.3) is 0 Å². The van der Waals surface area contributed by atoms with Gasteiger partial charge in [0, 0.05) is 83.4 Å². The third-order valence-electron chi connectivity index (χ3n) is 7.51. The van der Waals surface area contributed by atoms with Gasteiger partial charge in [-0.25, -0.2) is 9.97 Å². The van der Waals surface area contributed by atoms with Crippen molar-refractivity contribution in [1.29, 1.82) is 0 Å². The number of hydrogen-bond donors (Lipinski definition) is 1. The molecule has 2 saturated heterocycles. The maximum absolute atomic E-state index is 11.7. The van der Waals surface area contributed by atoms with Gasteiger partial charge < -0.3 is 15.1 Å². The van der Waals surface area contributed by atoms with Crippen molar-refractivity contribution in [3.8, 4) is 0 Å². The summed E-state index contributed by atoms with van der Waals surface area (Å²) in [5, 5.41) is 3.32. The average Bonchev–Trinajstić information content (AvgIpc) is 3.51. The van der Waals surface area contributed by atoms with E-state index >= 15 is 0 Å². The molecule has 1 N–H and O–H groups in total. The molecule has 1 amide bonds. The molecule has 0 aliphatic carbocycles. The van der Waals surface area contributed by atoms with Crippen LogP contribution in [0.4, 0.5) is 11.5 Å². The van der Waals surface area contributed by atoms with Gasteiger partial charge in [0.15, 0.2) is 0 Å². The van der Waals surface area contributed by atoms with Crippen molar-refractivity contribution in [2.24, 2.45) is 0 Å². The molecule has 0 saturated carbocycles. The van der Waals surface area contributed by atoms with Crippen LogP contribution in [0.3, 0.4) is 0 Å². The van der Waals surface area contributed by atoms with Crippen molar-refractivity contribution in [2.45, 2.75) is 58.5 Å². The minimum atomic E-state index is 0.142. The van der Waals surface area contributed by atoms with E-state index in [-0.39, 0.29) is 11.8 Å². The smallest absolute Gasteiger partial charge is 0.219 e. The fraction of sp³-hybridized carbons (Fsp3) is 0.577. The first-order valence-corrected chi connectivity index (χ1v) is 12.4. The Morgan fingerprint density at radius 1 is 1.15 bits per heavy atom. The van der Waals surface area contributed by atoms with Gasteiger partial charge in [0.1, 0.15) is 11.6 Å². The van der Waals surface area contributed by atoms with Crippen molar-refractivity contribution in [1.82, 2.24) is 19.8 Å². The maximum atomic E-state index is 11.7. The lowest BCUT2D eigenvalue weighted by Gasteiger charge is -2.30. The molecule has 3 aliphatic rings. The van der Waals surface area contributed by atoms with Gasteiger partial charge in [-0.15, -0.1) is 0 Å². The average molecular weight is 449 g/mol. The Labute approximate surface area is 197 Å². The molecule has 7 nitrogen and oxygen atoms in total. The molecule has 2 aromatic rings. The van der Waals surface area contributed by atoms with Crippen molar-refractivity contribution in [3.05, 3.63) is 46.4 Å². The summed E-state index contributed by atoms with van der Waals surface area (Å²) in [7, 11) is 1.95. The third-order valence-corrected chi connectivity index (χ3v) is 7.51. The highest BCUT2D eigenvalue weighted by Crippen LogP contribution is 2.31. The lowest BCUT2D eigenvalue weighted by Crippen LogP contribution is -2.32. The van der Waals surface area contributed by atoms with E-state index in [9.17, 15) is 4.79 Å². The molecule has 3 aliphatic heterocycles. The van der Waals surface area contributed by atoms with Gasteiger partial charge in [-0.05, 0) is 43.4 Å². The quantitative estimate of drug-likeness (QED) is 0.757. The second-order valence-electron chi connectivity index (χ2n) is 9.83. The first-order chi connectivity index (χ1) is 16.0. The van der Waals surface area contributed by atoms with Gasteiger partial charge in [0.2, 0.25) is 5.91 Å². The molecule has 0 bridgehead atoms. The predicted molar refractivity (Wildman–Crippen MR) is 132 cm³/mol. The number of aromatic nitrogens is 2. The van der Waals surface area contributed by atoms with Gasteiger partial charge in [0.05, 0.1) is 5.69 Å². The van der Waals surface area contributed by atoms with Crippen LogP contribution in [0.15, 0.2) is 18.2 Å². The van der Waals surface area contributed by atoms with Crippen molar-refractivity contribution in [2.75, 3.05) is 50.0 Å². The molecule has 1 atom stereocenters. The van der Waals surface area contributed by atoms with E-state index in [1.54, 1.807) is 6.92 Å². The fourth-order valence-corrected chi connectivity index (χ4v) is 5.66. The Kier molecular flexibility index (Phi) is 6.23. The molecule has 5 rings (SSSR count). The van der Waals surface area contributed by atoms with Crippen molar-refractivity contribution >= 4 is 17.4 Å². The van der Waals surface area contributed by atoms with Gasteiger partial charge in [-0.2, -0.15) is 0 Å². The Hall–Kier alpha value is -2.67. The van der Waals surface area contributed by atoms with E-state index in [0.29, 0.717) is 0 Å². The highest BCUT2D eigenvalue weighted by molar-refractivity contribution is 5.73. The van der Waals surface area contributed by atoms with E-state index in [4.69, 9.17) is 9.97 Å². The zero-order valence-electron chi connectivity index (χ0n) is 20.2. The molecule has 1 aromatic heterocycles. The van der Waals surface area contributed by atoms with E-state index in [1.807, 2.05) is 11.9 Å². The summed E-state index contributed by atoms with van der Waals surface area (Å²) in [5.74, 6) is 2.22. The second-order valence-corrected chi connectivity index (χ2v) is 9.83. The minimum Gasteiger partial charge on any atom is -0.373 e. The first kappa shape index (κ1) is 22.1. The molecule has 176 valence electrons. The van der Waals surface area contributed by atoms with Gasteiger partial charge in [-0.1, -0.05) is 12.1 Å². The summed E-state index contributed by atoms with van der Waals surface area (Å²) in [5.41, 5.74) is 6.54. The highest BCUT2D eigenvalue weighted by atomic mass is 16.2. The summed E-state index contributed by atoms with van der Waals surface area (Å²) in [6, 6.07) is 6.98. The molecule has 4 heterocycles. The van der Waals surface area contributed by atoms with E-state index in [1.165, 1.54) is 54.0 Å².